The minimum absolute atomic E-state index is 0.400. The van der Waals surface area contributed by atoms with Crippen LogP contribution < -0.4 is 9.92 Å². The molecule has 0 saturated heterocycles. The average Bonchev–Trinajstić information content (AvgIpc) is 2.16. The van der Waals surface area contributed by atoms with Crippen LogP contribution in [0.1, 0.15) is 0 Å². The molecule has 0 aliphatic rings. The Morgan fingerprint density at radius 3 is 2.62 bits per heavy atom. The lowest BCUT2D eigenvalue weighted by molar-refractivity contribution is 0.387. The highest BCUT2D eigenvalue weighted by Gasteiger charge is 2.07. The van der Waals surface area contributed by atoms with E-state index in [1.807, 2.05) is 12.5 Å². The summed E-state index contributed by atoms with van der Waals surface area (Å²) in [4.78, 5) is 5.40. The third kappa shape index (κ3) is 2.48. The first kappa shape index (κ1) is 10.6. The van der Waals surface area contributed by atoms with E-state index < -0.39 is 8.80 Å². The lowest BCUT2D eigenvalue weighted by Crippen LogP contribution is -2.23. The van der Waals surface area contributed by atoms with E-state index in [9.17, 15) is 0 Å². The fraction of sp³-hybridized carbons (Fsp3) is 0.444. The predicted molar refractivity (Wildman–Crippen MR) is 59.7 cm³/mol. The summed E-state index contributed by atoms with van der Waals surface area (Å²) >= 11 is 1.68. The van der Waals surface area contributed by atoms with Crippen molar-refractivity contribution in [3.8, 4) is 5.88 Å². The molecule has 1 aromatic heterocycles. The molecular weight excluding hydrogens is 198 g/mol. The van der Waals surface area contributed by atoms with Gasteiger partial charge in [0.05, 0.1) is 20.8 Å². The number of nitrogens with zero attached hydrogens (tertiary/aromatic N) is 1. The predicted octanol–water partition coefficient (Wildman–Crippen LogP) is 1.77. The van der Waals surface area contributed by atoms with Crippen LogP contribution >= 0.6 is 11.8 Å². The quantitative estimate of drug-likeness (QED) is 0.563. The van der Waals surface area contributed by atoms with Crippen molar-refractivity contribution < 1.29 is 4.74 Å². The van der Waals surface area contributed by atoms with Gasteiger partial charge in [0, 0.05) is 6.20 Å². The van der Waals surface area contributed by atoms with Crippen LogP contribution in [-0.4, -0.2) is 27.1 Å². The fourth-order valence-corrected chi connectivity index (χ4v) is 2.42. The molecule has 0 saturated carbocycles. The number of hydrogen-bond donors (Lipinski definition) is 0. The highest BCUT2D eigenvalue weighted by atomic mass is 32.2. The third-order valence-corrected chi connectivity index (χ3v) is 3.97. The van der Waals surface area contributed by atoms with E-state index in [1.54, 1.807) is 18.9 Å². The van der Waals surface area contributed by atoms with E-state index in [4.69, 9.17) is 4.74 Å². The van der Waals surface area contributed by atoms with Crippen LogP contribution in [0, 0.1) is 0 Å². The maximum atomic E-state index is 5.15. The molecule has 0 fully saturated rings. The number of pyridine rings is 1. The SMILES string of the molecule is COc1ncc([Si](C)C)cc1SC. The largest absolute Gasteiger partial charge is 0.480 e. The summed E-state index contributed by atoms with van der Waals surface area (Å²) in [7, 11) is 1.26. The first-order valence-electron chi connectivity index (χ1n) is 4.07. The molecule has 0 unspecified atom stereocenters. The van der Waals surface area contributed by atoms with Crippen molar-refractivity contribution >= 4 is 25.7 Å². The van der Waals surface area contributed by atoms with E-state index in [0.717, 1.165) is 10.8 Å². The van der Waals surface area contributed by atoms with Crippen molar-refractivity contribution in [3.05, 3.63) is 12.3 Å². The van der Waals surface area contributed by atoms with E-state index >= 15 is 0 Å². The first-order chi connectivity index (χ1) is 6.19. The minimum atomic E-state index is -0.400. The van der Waals surface area contributed by atoms with E-state index in [1.165, 1.54) is 5.19 Å². The van der Waals surface area contributed by atoms with Gasteiger partial charge in [-0.3, -0.25) is 0 Å². The summed E-state index contributed by atoms with van der Waals surface area (Å²) in [6.45, 7) is 4.52. The van der Waals surface area contributed by atoms with Gasteiger partial charge in [-0.15, -0.1) is 11.8 Å². The van der Waals surface area contributed by atoms with Crippen molar-refractivity contribution in [1.82, 2.24) is 4.98 Å². The zero-order valence-electron chi connectivity index (χ0n) is 8.42. The molecule has 1 rings (SSSR count). The Labute approximate surface area is 85.3 Å². The summed E-state index contributed by atoms with van der Waals surface area (Å²) in [6, 6.07) is 2.19. The Kier molecular flexibility index (Phi) is 3.81. The van der Waals surface area contributed by atoms with Crippen LogP contribution in [0.15, 0.2) is 17.2 Å². The van der Waals surface area contributed by atoms with Crippen LogP contribution in [0.3, 0.4) is 0 Å². The molecule has 0 atom stereocenters. The molecule has 0 aromatic carbocycles. The summed E-state index contributed by atoms with van der Waals surface area (Å²) in [5, 5.41) is 1.36. The molecule has 0 spiro atoms. The van der Waals surface area contributed by atoms with Crippen molar-refractivity contribution in [2.75, 3.05) is 13.4 Å². The zero-order chi connectivity index (χ0) is 9.84. The minimum Gasteiger partial charge on any atom is -0.480 e. The Bertz CT molecular complexity index is 291. The highest BCUT2D eigenvalue weighted by molar-refractivity contribution is 7.98. The van der Waals surface area contributed by atoms with Crippen LogP contribution in [0.2, 0.25) is 13.1 Å². The lowest BCUT2D eigenvalue weighted by Gasteiger charge is -2.08. The number of rotatable bonds is 3. The van der Waals surface area contributed by atoms with E-state index in [0.29, 0.717) is 0 Å². The Balaban J connectivity index is 3.05. The van der Waals surface area contributed by atoms with Gasteiger partial charge in [-0.1, -0.05) is 13.1 Å². The van der Waals surface area contributed by atoms with Gasteiger partial charge in [0.15, 0.2) is 0 Å². The summed E-state index contributed by atoms with van der Waals surface area (Å²) in [6.07, 6.45) is 3.97. The van der Waals surface area contributed by atoms with Gasteiger partial charge in [-0.2, -0.15) is 0 Å². The van der Waals surface area contributed by atoms with Gasteiger partial charge in [0.2, 0.25) is 5.88 Å². The maximum Gasteiger partial charge on any atom is 0.226 e. The number of aromatic nitrogens is 1. The van der Waals surface area contributed by atoms with Gasteiger partial charge in [-0.25, -0.2) is 4.98 Å². The lowest BCUT2D eigenvalue weighted by atomic mass is 10.5. The van der Waals surface area contributed by atoms with Crippen molar-refractivity contribution in [1.29, 1.82) is 0 Å². The Hall–Kier alpha value is -0.483. The van der Waals surface area contributed by atoms with Crippen molar-refractivity contribution in [2.45, 2.75) is 18.0 Å². The van der Waals surface area contributed by atoms with Gasteiger partial charge in [0.25, 0.3) is 0 Å². The summed E-state index contributed by atoms with van der Waals surface area (Å²) < 4.78 is 5.15. The second-order valence-corrected chi connectivity index (χ2v) is 6.36. The number of ether oxygens (including phenoxy) is 1. The molecule has 1 aromatic rings. The van der Waals surface area contributed by atoms with Crippen LogP contribution in [-0.2, 0) is 0 Å². The van der Waals surface area contributed by atoms with Crippen molar-refractivity contribution in [2.24, 2.45) is 0 Å². The molecule has 1 radical (unpaired) electrons. The molecule has 1 heterocycles. The van der Waals surface area contributed by atoms with Crippen LogP contribution in [0.25, 0.3) is 0 Å². The number of hydrogen-bond acceptors (Lipinski definition) is 3. The maximum absolute atomic E-state index is 5.15. The molecule has 13 heavy (non-hydrogen) atoms. The second-order valence-electron chi connectivity index (χ2n) is 2.94. The summed E-state index contributed by atoms with van der Waals surface area (Å²) in [5.74, 6) is 0.736. The Morgan fingerprint density at radius 1 is 1.46 bits per heavy atom. The molecule has 0 bridgehead atoms. The molecule has 0 amide bonds. The Morgan fingerprint density at radius 2 is 2.15 bits per heavy atom. The number of thioether (sulfide) groups is 1. The van der Waals surface area contributed by atoms with Gasteiger partial charge < -0.3 is 4.74 Å². The first-order valence-corrected chi connectivity index (χ1v) is 7.80. The standard InChI is InChI=1S/C9H14NOSSi/c1-11-9-8(12-2)5-7(6-10-9)13(3)4/h5-6H,1-4H3. The smallest absolute Gasteiger partial charge is 0.226 e. The topological polar surface area (TPSA) is 22.1 Å². The second kappa shape index (κ2) is 4.67. The van der Waals surface area contributed by atoms with Crippen LogP contribution in [0.5, 0.6) is 5.88 Å². The van der Waals surface area contributed by atoms with Crippen molar-refractivity contribution in [3.63, 3.8) is 0 Å². The van der Waals surface area contributed by atoms with E-state index in [-0.39, 0.29) is 0 Å². The molecular formula is C9H14NOSSi. The van der Waals surface area contributed by atoms with E-state index in [2.05, 4.69) is 24.1 Å². The normalized spacial score (nSPS) is 10.5. The monoisotopic (exact) mass is 212 g/mol. The molecule has 2 nitrogen and oxygen atoms in total. The number of methoxy groups -OCH3 is 1. The molecule has 4 heteroatoms. The van der Waals surface area contributed by atoms with Gasteiger partial charge in [0.1, 0.15) is 0 Å². The molecule has 0 N–H and O–H groups in total. The van der Waals surface area contributed by atoms with Crippen LogP contribution in [0.4, 0.5) is 0 Å². The molecule has 0 aliphatic heterocycles. The highest BCUT2D eigenvalue weighted by Crippen LogP contribution is 2.23. The van der Waals surface area contributed by atoms with Gasteiger partial charge >= 0.3 is 0 Å². The zero-order valence-corrected chi connectivity index (χ0v) is 10.2. The average molecular weight is 212 g/mol. The fourth-order valence-electron chi connectivity index (χ4n) is 1.00. The third-order valence-electron chi connectivity index (χ3n) is 1.81. The van der Waals surface area contributed by atoms with Gasteiger partial charge in [-0.05, 0) is 17.5 Å². The molecule has 0 aliphatic carbocycles. The summed E-state index contributed by atoms with van der Waals surface area (Å²) in [5.41, 5.74) is 0. The molecule has 71 valence electrons.